The summed E-state index contributed by atoms with van der Waals surface area (Å²) >= 11 is 7.67. The van der Waals surface area contributed by atoms with Gasteiger partial charge < -0.3 is 10.5 Å². The van der Waals surface area contributed by atoms with Gasteiger partial charge in [0.1, 0.15) is 5.75 Å². The summed E-state index contributed by atoms with van der Waals surface area (Å²) in [6.45, 7) is 0. The van der Waals surface area contributed by atoms with Gasteiger partial charge >= 0.3 is 0 Å². The van der Waals surface area contributed by atoms with Crippen LogP contribution in [0.5, 0.6) is 5.75 Å². The lowest BCUT2D eigenvalue weighted by molar-refractivity contribution is 0.415. The van der Waals surface area contributed by atoms with Crippen LogP contribution in [-0.2, 0) is 0 Å². The number of rotatable bonds is 1. The Kier molecular flexibility index (Phi) is 2.06. The molecule has 0 unspecified atom stereocenters. The van der Waals surface area contributed by atoms with Crippen molar-refractivity contribution in [2.45, 2.75) is 0 Å². The van der Waals surface area contributed by atoms with Crippen LogP contribution in [0.25, 0.3) is 10.1 Å². The largest absolute Gasteiger partial charge is 0.495 e. The van der Waals surface area contributed by atoms with Crippen molar-refractivity contribution in [1.29, 1.82) is 0 Å². The van der Waals surface area contributed by atoms with E-state index in [0.717, 1.165) is 10.1 Å². The Hall–Kier alpha value is -0.930. The fraction of sp³-hybridized carbons (Fsp3) is 0.111. The summed E-state index contributed by atoms with van der Waals surface area (Å²) in [6.07, 6.45) is 0. The molecule has 0 amide bonds. The van der Waals surface area contributed by atoms with E-state index in [1.165, 1.54) is 0 Å². The molecule has 0 saturated carbocycles. The number of nitrogens with two attached hydrogens (primary N) is 1. The third-order valence-corrected chi connectivity index (χ3v) is 3.23. The minimum atomic E-state index is 0.596. The molecule has 68 valence electrons. The number of fused-ring (bicyclic) bond motifs is 1. The normalized spacial score (nSPS) is 10.6. The lowest BCUT2D eigenvalue weighted by Crippen LogP contribution is -1.86. The first kappa shape index (κ1) is 8.66. The highest BCUT2D eigenvalue weighted by atomic mass is 35.5. The van der Waals surface area contributed by atoms with Crippen LogP contribution in [0.3, 0.4) is 0 Å². The molecule has 0 aliphatic carbocycles. The maximum Gasteiger partial charge on any atom is 0.138 e. The van der Waals surface area contributed by atoms with Gasteiger partial charge in [0.25, 0.3) is 0 Å². The van der Waals surface area contributed by atoms with Crippen LogP contribution >= 0.6 is 22.9 Å². The van der Waals surface area contributed by atoms with Crippen LogP contribution in [0.15, 0.2) is 17.5 Å². The van der Waals surface area contributed by atoms with E-state index < -0.39 is 0 Å². The highest BCUT2D eigenvalue weighted by Gasteiger charge is 2.09. The monoisotopic (exact) mass is 213 g/mol. The molecule has 4 heteroatoms. The lowest BCUT2D eigenvalue weighted by Gasteiger charge is -2.03. The van der Waals surface area contributed by atoms with E-state index in [1.54, 1.807) is 18.4 Å². The van der Waals surface area contributed by atoms with Crippen molar-refractivity contribution >= 4 is 38.7 Å². The Morgan fingerprint density at radius 3 is 2.92 bits per heavy atom. The predicted molar refractivity (Wildman–Crippen MR) is 57.8 cm³/mol. The Bertz CT molecular complexity index is 452. The summed E-state index contributed by atoms with van der Waals surface area (Å²) in [6, 6.07) is 3.81. The Balaban J connectivity index is 2.83. The van der Waals surface area contributed by atoms with Crippen LogP contribution in [0.2, 0.25) is 5.02 Å². The van der Waals surface area contributed by atoms with Crippen LogP contribution in [-0.4, -0.2) is 7.11 Å². The molecule has 0 atom stereocenters. The second-order valence-corrected chi connectivity index (χ2v) is 3.94. The van der Waals surface area contributed by atoms with E-state index in [1.807, 2.05) is 17.5 Å². The molecular formula is C9H8ClNOS. The first-order valence-electron chi connectivity index (χ1n) is 3.73. The Morgan fingerprint density at radius 2 is 2.23 bits per heavy atom. The van der Waals surface area contributed by atoms with Gasteiger partial charge in [-0.25, -0.2) is 0 Å². The molecule has 13 heavy (non-hydrogen) atoms. The number of benzene rings is 1. The van der Waals surface area contributed by atoms with E-state index in [4.69, 9.17) is 22.1 Å². The van der Waals surface area contributed by atoms with Crippen LogP contribution in [0.1, 0.15) is 0 Å². The van der Waals surface area contributed by atoms with Crippen LogP contribution in [0, 0.1) is 0 Å². The first-order chi connectivity index (χ1) is 6.24. The maximum absolute atomic E-state index is 6.09. The third-order valence-electron chi connectivity index (χ3n) is 1.89. The standard InChI is InChI=1S/C9H8ClNOS/c1-12-6-2-3-7-8(9(6)10)5(11)4-13-7/h2-4H,11H2,1H3. The zero-order chi connectivity index (χ0) is 9.42. The van der Waals surface area contributed by atoms with Gasteiger partial charge in [-0.15, -0.1) is 11.3 Å². The van der Waals surface area contributed by atoms with E-state index in [2.05, 4.69) is 0 Å². The third kappa shape index (κ3) is 1.24. The first-order valence-corrected chi connectivity index (χ1v) is 4.99. The van der Waals surface area contributed by atoms with Crippen molar-refractivity contribution in [3.05, 3.63) is 22.5 Å². The van der Waals surface area contributed by atoms with Crippen molar-refractivity contribution in [1.82, 2.24) is 0 Å². The number of ether oxygens (including phenoxy) is 1. The summed E-state index contributed by atoms with van der Waals surface area (Å²) in [7, 11) is 1.59. The highest BCUT2D eigenvalue weighted by Crippen LogP contribution is 2.39. The van der Waals surface area contributed by atoms with Crippen molar-refractivity contribution in [3.8, 4) is 5.75 Å². The molecular weight excluding hydrogens is 206 g/mol. The molecule has 0 fully saturated rings. The van der Waals surface area contributed by atoms with Gasteiger partial charge in [0.15, 0.2) is 0 Å². The Labute approximate surface area is 84.9 Å². The van der Waals surface area contributed by atoms with E-state index in [-0.39, 0.29) is 0 Å². The van der Waals surface area contributed by atoms with Crippen molar-refractivity contribution in [2.24, 2.45) is 0 Å². The van der Waals surface area contributed by atoms with Crippen LogP contribution in [0.4, 0.5) is 5.69 Å². The van der Waals surface area contributed by atoms with Gasteiger partial charge in [0.05, 0.1) is 17.8 Å². The summed E-state index contributed by atoms with van der Waals surface area (Å²) in [5, 5.41) is 3.38. The summed E-state index contributed by atoms with van der Waals surface area (Å²) in [5.41, 5.74) is 6.48. The molecule has 1 aromatic heterocycles. The predicted octanol–water partition coefficient (Wildman–Crippen LogP) is 3.15. The molecule has 1 aromatic carbocycles. The molecule has 0 bridgehead atoms. The van der Waals surface area contributed by atoms with Crippen molar-refractivity contribution in [2.75, 3.05) is 12.8 Å². The number of hydrogen-bond acceptors (Lipinski definition) is 3. The fourth-order valence-corrected chi connectivity index (χ4v) is 2.51. The van der Waals surface area contributed by atoms with Gasteiger partial charge in [-0.1, -0.05) is 11.6 Å². The topological polar surface area (TPSA) is 35.2 Å². The molecule has 2 rings (SSSR count). The maximum atomic E-state index is 6.09. The average Bonchev–Trinajstić information content (AvgIpc) is 2.49. The van der Waals surface area contributed by atoms with E-state index in [9.17, 15) is 0 Å². The van der Waals surface area contributed by atoms with Gasteiger partial charge in [-0.3, -0.25) is 0 Å². The van der Waals surface area contributed by atoms with Gasteiger partial charge in [0.2, 0.25) is 0 Å². The van der Waals surface area contributed by atoms with Gasteiger partial charge in [0, 0.05) is 15.5 Å². The molecule has 2 N–H and O–H groups in total. The number of halogens is 1. The van der Waals surface area contributed by atoms with Crippen molar-refractivity contribution in [3.63, 3.8) is 0 Å². The lowest BCUT2D eigenvalue weighted by atomic mass is 10.2. The van der Waals surface area contributed by atoms with Crippen molar-refractivity contribution < 1.29 is 4.74 Å². The molecule has 2 nitrogen and oxygen atoms in total. The Morgan fingerprint density at radius 1 is 1.46 bits per heavy atom. The molecule has 0 radical (unpaired) electrons. The summed E-state index contributed by atoms with van der Waals surface area (Å²) in [4.78, 5) is 0. The zero-order valence-corrected chi connectivity index (χ0v) is 8.58. The number of hydrogen-bond donors (Lipinski definition) is 1. The molecule has 1 heterocycles. The number of nitrogen functional groups attached to an aromatic ring is 1. The van der Waals surface area contributed by atoms with E-state index >= 15 is 0 Å². The minimum Gasteiger partial charge on any atom is -0.495 e. The van der Waals surface area contributed by atoms with E-state index in [0.29, 0.717) is 16.5 Å². The SMILES string of the molecule is COc1ccc2scc(N)c2c1Cl. The van der Waals surface area contributed by atoms with Gasteiger partial charge in [-0.2, -0.15) is 0 Å². The molecule has 0 spiro atoms. The number of anilines is 1. The van der Waals surface area contributed by atoms with Crippen LogP contribution < -0.4 is 10.5 Å². The molecule has 0 aliphatic rings. The smallest absolute Gasteiger partial charge is 0.138 e. The summed E-state index contributed by atoms with van der Waals surface area (Å²) < 4.78 is 6.18. The number of methoxy groups -OCH3 is 1. The average molecular weight is 214 g/mol. The highest BCUT2D eigenvalue weighted by molar-refractivity contribution is 7.18. The second-order valence-electron chi connectivity index (χ2n) is 2.65. The molecule has 2 aromatic rings. The fourth-order valence-electron chi connectivity index (χ4n) is 1.25. The minimum absolute atomic E-state index is 0.596. The molecule has 0 aliphatic heterocycles. The second kappa shape index (κ2) is 3.09. The van der Waals surface area contributed by atoms with Gasteiger partial charge in [-0.05, 0) is 12.1 Å². The molecule has 0 saturated heterocycles. The number of thiophene rings is 1. The quantitative estimate of drug-likeness (QED) is 0.790. The zero-order valence-electron chi connectivity index (χ0n) is 7.00. The summed E-state index contributed by atoms with van der Waals surface area (Å²) in [5.74, 6) is 0.666.